The third-order valence-electron chi connectivity index (χ3n) is 2.33. The average molecular weight is 214 g/mol. The van der Waals surface area contributed by atoms with E-state index in [4.69, 9.17) is 4.74 Å². The van der Waals surface area contributed by atoms with Gasteiger partial charge in [-0.15, -0.1) is 6.58 Å². The van der Waals surface area contributed by atoms with E-state index in [0.717, 1.165) is 6.54 Å². The Morgan fingerprint density at radius 3 is 3.07 bits per heavy atom. The van der Waals surface area contributed by atoms with Crippen molar-refractivity contribution in [3.05, 3.63) is 12.7 Å². The van der Waals surface area contributed by atoms with Crippen molar-refractivity contribution in [1.82, 2.24) is 10.6 Å². The fourth-order valence-corrected chi connectivity index (χ4v) is 1.46. The number of aliphatic hydroxyl groups excluding tert-OH is 1. The summed E-state index contributed by atoms with van der Waals surface area (Å²) >= 11 is 0. The summed E-state index contributed by atoms with van der Waals surface area (Å²) in [6.07, 6.45) is 1.23. The molecule has 0 aromatic carbocycles. The van der Waals surface area contributed by atoms with E-state index in [9.17, 15) is 9.90 Å². The number of amides is 1. The predicted molar refractivity (Wildman–Crippen MR) is 56.4 cm³/mol. The Balaban J connectivity index is 2.08. The Bertz CT molecular complexity index is 221. The van der Waals surface area contributed by atoms with E-state index >= 15 is 0 Å². The van der Waals surface area contributed by atoms with Crippen molar-refractivity contribution >= 4 is 5.91 Å². The Morgan fingerprint density at radius 2 is 2.47 bits per heavy atom. The largest absolute Gasteiger partial charge is 0.391 e. The summed E-state index contributed by atoms with van der Waals surface area (Å²) in [5.74, 6) is -0.0516. The lowest BCUT2D eigenvalue weighted by atomic mass is 10.1. The minimum absolute atomic E-state index is 0.0439. The number of carbonyl (C=O) groups is 1. The molecule has 1 saturated heterocycles. The summed E-state index contributed by atoms with van der Waals surface area (Å²) < 4.78 is 4.98. The molecule has 3 N–H and O–H groups in total. The van der Waals surface area contributed by atoms with Crippen molar-refractivity contribution < 1.29 is 14.6 Å². The van der Waals surface area contributed by atoms with Crippen LogP contribution >= 0.6 is 0 Å². The van der Waals surface area contributed by atoms with Gasteiger partial charge < -0.3 is 20.5 Å². The van der Waals surface area contributed by atoms with Crippen molar-refractivity contribution in [2.24, 2.45) is 5.92 Å². The van der Waals surface area contributed by atoms with Gasteiger partial charge in [0.1, 0.15) is 6.61 Å². The molecule has 0 aromatic heterocycles. The molecule has 15 heavy (non-hydrogen) atoms. The second kappa shape index (κ2) is 6.55. The normalized spacial score (nSPS) is 25.1. The molecule has 0 spiro atoms. The summed E-state index contributed by atoms with van der Waals surface area (Å²) in [7, 11) is 0. The fourth-order valence-electron chi connectivity index (χ4n) is 1.46. The molecule has 0 bridgehead atoms. The van der Waals surface area contributed by atoms with Gasteiger partial charge in [-0.2, -0.15) is 0 Å². The first-order chi connectivity index (χ1) is 7.24. The lowest BCUT2D eigenvalue weighted by Gasteiger charge is -2.13. The van der Waals surface area contributed by atoms with E-state index in [1.54, 1.807) is 6.08 Å². The predicted octanol–water partition coefficient (Wildman–Crippen LogP) is -1.11. The standard InChI is InChI=1S/C10H18N2O3/c1-2-3-15-7-10(14)12-5-8-4-11-6-9(8)13/h2,8-9,11,13H,1,3-7H2,(H,12,14). The topological polar surface area (TPSA) is 70.6 Å². The van der Waals surface area contributed by atoms with Gasteiger partial charge in [-0.3, -0.25) is 4.79 Å². The van der Waals surface area contributed by atoms with Gasteiger partial charge >= 0.3 is 0 Å². The smallest absolute Gasteiger partial charge is 0.246 e. The average Bonchev–Trinajstić information content (AvgIpc) is 2.61. The highest BCUT2D eigenvalue weighted by atomic mass is 16.5. The molecule has 1 rings (SSSR count). The van der Waals surface area contributed by atoms with Crippen LogP contribution in [0.2, 0.25) is 0 Å². The van der Waals surface area contributed by atoms with Gasteiger partial charge in [-0.05, 0) is 0 Å². The van der Waals surface area contributed by atoms with E-state index in [1.165, 1.54) is 0 Å². The molecule has 5 heteroatoms. The molecule has 0 aromatic rings. The molecule has 1 aliphatic heterocycles. The van der Waals surface area contributed by atoms with E-state index in [1.807, 2.05) is 0 Å². The van der Waals surface area contributed by atoms with Gasteiger partial charge in [0, 0.05) is 25.6 Å². The molecule has 5 nitrogen and oxygen atoms in total. The fraction of sp³-hybridized carbons (Fsp3) is 0.700. The highest BCUT2D eigenvalue weighted by Gasteiger charge is 2.24. The van der Waals surface area contributed by atoms with Crippen LogP contribution in [0.1, 0.15) is 0 Å². The van der Waals surface area contributed by atoms with E-state index in [2.05, 4.69) is 17.2 Å². The third-order valence-corrected chi connectivity index (χ3v) is 2.33. The van der Waals surface area contributed by atoms with Crippen molar-refractivity contribution in [3.63, 3.8) is 0 Å². The van der Waals surface area contributed by atoms with Crippen LogP contribution in [0, 0.1) is 5.92 Å². The number of nitrogens with one attached hydrogen (secondary N) is 2. The van der Waals surface area contributed by atoms with Crippen LogP contribution in [0.15, 0.2) is 12.7 Å². The lowest BCUT2D eigenvalue weighted by Crippen LogP contribution is -2.36. The highest BCUT2D eigenvalue weighted by Crippen LogP contribution is 2.06. The van der Waals surface area contributed by atoms with Crippen LogP contribution in [0.25, 0.3) is 0 Å². The van der Waals surface area contributed by atoms with Gasteiger partial charge in [0.25, 0.3) is 0 Å². The van der Waals surface area contributed by atoms with Gasteiger partial charge in [-0.25, -0.2) is 0 Å². The summed E-state index contributed by atoms with van der Waals surface area (Å²) in [6, 6.07) is 0. The quantitative estimate of drug-likeness (QED) is 0.387. The van der Waals surface area contributed by atoms with Crippen molar-refractivity contribution in [3.8, 4) is 0 Å². The van der Waals surface area contributed by atoms with Crippen LogP contribution in [0.4, 0.5) is 0 Å². The van der Waals surface area contributed by atoms with Crippen LogP contribution in [0.5, 0.6) is 0 Å². The van der Waals surface area contributed by atoms with Crippen LogP contribution in [0.3, 0.4) is 0 Å². The Labute approximate surface area is 89.5 Å². The lowest BCUT2D eigenvalue weighted by molar-refractivity contribution is -0.125. The number of rotatable bonds is 6. The van der Waals surface area contributed by atoms with Crippen molar-refractivity contribution in [2.75, 3.05) is 32.8 Å². The second-order valence-corrected chi connectivity index (χ2v) is 3.59. The molecule has 2 unspecified atom stereocenters. The van der Waals surface area contributed by atoms with Crippen LogP contribution in [-0.4, -0.2) is 50.0 Å². The van der Waals surface area contributed by atoms with Crippen LogP contribution in [-0.2, 0) is 9.53 Å². The summed E-state index contributed by atoms with van der Waals surface area (Å²) in [5, 5.41) is 15.2. The van der Waals surface area contributed by atoms with Gasteiger partial charge in [-0.1, -0.05) is 6.08 Å². The molecular weight excluding hydrogens is 196 g/mol. The van der Waals surface area contributed by atoms with E-state index in [-0.39, 0.29) is 24.5 Å². The Morgan fingerprint density at radius 1 is 1.67 bits per heavy atom. The van der Waals surface area contributed by atoms with Crippen molar-refractivity contribution in [1.29, 1.82) is 0 Å². The number of aliphatic hydroxyl groups is 1. The third kappa shape index (κ3) is 4.42. The molecule has 1 fully saturated rings. The minimum Gasteiger partial charge on any atom is -0.391 e. The second-order valence-electron chi connectivity index (χ2n) is 3.59. The maximum atomic E-state index is 11.2. The maximum absolute atomic E-state index is 11.2. The molecule has 1 heterocycles. The summed E-state index contributed by atoms with van der Waals surface area (Å²) in [4.78, 5) is 11.2. The first-order valence-electron chi connectivity index (χ1n) is 5.08. The number of ether oxygens (including phenoxy) is 1. The summed E-state index contributed by atoms with van der Waals surface area (Å²) in [6.45, 7) is 5.74. The molecule has 1 aliphatic rings. The molecule has 0 aliphatic carbocycles. The first kappa shape index (κ1) is 12.2. The van der Waals surface area contributed by atoms with Gasteiger partial charge in [0.05, 0.1) is 12.7 Å². The zero-order valence-corrected chi connectivity index (χ0v) is 8.74. The molecule has 2 atom stereocenters. The van der Waals surface area contributed by atoms with Crippen LogP contribution < -0.4 is 10.6 Å². The maximum Gasteiger partial charge on any atom is 0.246 e. The Kier molecular flexibility index (Phi) is 5.31. The Hall–Kier alpha value is -0.910. The summed E-state index contributed by atoms with van der Waals surface area (Å²) in [5.41, 5.74) is 0. The zero-order valence-electron chi connectivity index (χ0n) is 8.74. The highest BCUT2D eigenvalue weighted by molar-refractivity contribution is 5.77. The number of hydrogen-bond acceptors (Lipinski definition) is 4. The molecule has 1 amide bonds. The SMILES string of the molecule is C=CCOCC(=O)NCC1CNCC1O. The minimum atomic E-state index is -0.362. The number of carbonyl (C=O) groups excluding carboxylic acids is 1. The number of β-amino-alcohol motifs (C(OH)–C–C–N with tert-alkyl or cyclic N) is 1. The first-order valence-corrected chi connectivity index (χ1v) is 5.08. The van der Waals surface area contributed by atoms with Gasteiger partial charge in [0.2, 0.25) is 5.91 Å². The number of hydrogen-bond donors (Lipinski definition) is 3. The zero-order chi connectivity index (χ0) is 11.1. The monoisotopic (exact) mass is 214 g/mol. The molecule has 0 radical (unpaired) electrons. The van der Waals surface area contributed by atoms with E-state index < -0.39 is 0 Å². The molecule has 86 valence electrons. The van der Waals surface area contributed by atoms with Crippen molar-refractivity contribution in [2.45, 2.75) is 6.10 Å². The molecular formula is C10H18N2O3. The van der Waals surface area contributed by atoms with Gasteiger partial charge in [0.15, 0.2) is 0 Å². The van der Waals surface area contributed by atoms with E-state index in [0.29, 0.717) is 19.7 Å². The molecule has 0 saturated carbocycles.